The van der Waals surface area contributed by atoms with Gasteiger partial charge >= 0.3 is 0 Å². The molecule has 1 saturated heterocycles. The van der Waals surface area contributed by atoms with Crippen LogP contribution in [0.2, 0.25) is 0 Å². The molecule has 31 heavy (non-hydrogen) atoms. The minimum atomic E-state index is -0.193. The van der Waals surface area contributed by atoms with E-state index in [-0.39, 0.29) is 18.0 Å². The van der Waals surface area contributed by atoms with Crippen molar-refractivity contribution in [2.24, 2.45) is 0 Å². The predicted octanol–water partition coefficient (Wildman–Crippen LogP) is 3.98. The van der Waals surface area contributed by atoms with Gasteiger partial charge in [-0.25, -0.2) is 4.98 Å². The van der Waals surface area contributed by atoms with Crippen LogP contribution < -0.4 is 10.5 Å². The Labute approximate surface area is 182 Å². The summed E-state index contributed by atoms with van der Waals surface area (Å²) >= 11 is 0. The monoisotopic (exact) mass is 416 g/mol. The fourth-order valence-electron chi connectivity index (χ4n) is 3.93. The quantitative estimate of drug-likeness (QED) is 0.639. The zero-order valence-electron chi connectivity index (χ0n) is 17.9. The normalized spacial score (nSPS) is 14.7. The Balaban J connectivity index is 1.39. The minimum absolute atomic E-state index is 0.146. The van der Waals surface area contributed by atoms with Crippen molar-refractivity contribution < 1.29 is 4.79 Å². The van der Waals surface area contributed by atoms with Crippen LogP contribution in [-0.2, 0) is 11.3 Å². The van der Waals surface area contributed by atoms with Crippen LogP contribution in [0.5, 0.6) is 0 Å². The third-order valence-electron chi connectivity index (χ3n) is 5.71. The van der Waals surface area contributed by atoms with E-state index in [0.29, 0.717) is 16.7 Å². The first kappa shape index (κ1) is 20.8. The number of aromatic amines is 1. The number of fused-ring (bicyclic) bond motifs is 1. The summed E-state index contributed by atoms with van der Waals surface area (Å²) in [5.74, 6) is 0.321. The van der Waals surface area contributed by atoms with Crippen LogP contribution in [0, 0.1) is 0 Å². The Hall–Kier alpha value is -3.41. The van der Waals surface area contributed by atoms with Crippen LogP contribution in [0.1, 0.15) is 37.1 Å². The fraction of sp³-hybridized carbons (Fsp3) is 0.320. The van der Waals surface area contributed by atoms with Crippen LogP contribution in [0.15, 0.2) is 59.4 Å². The molecule has 0 radical (unpaired) electrons. The smallest absolute Gasteiger partial charge is 0.258 e. The Morgan fingerprint density at radius 1 is 1.06 bits per heavy atom. The molecule has 1 N–H and O–H groups in total. The zero-order chi connectivity index (χ0) is 21.6. The maximum atomic E-state index is 12.5. The molecule has 1 aliphatic rings. The van der Waals surface area contributed by atoms with Gasteiger partial charge < -0.3 is 14.8 Å². The van der Waals surface area contributed by atoms with E-state index >= 15 is 0 Å². The minimum Gasteiger partial charge on any atom is -0.372 e. The summed E-state index contributed by atoms with van der Waals surface area (Å²) in [6.07, 6.45) is 8.51. The summed E-state index contributed by atoms with van der Waals surface area (Å²) in [6.45, 7) is 2.46. The van der Waals surface area contributed by atoms with Gasteiger partial charge in [-0.3, -0.25) is 9.59 Å². The number of nitrogens with one attached hydrogen (secondary N) is 1. The van der Waals surface area contributed by atoms with E-state index < -0.39 is 0 Å². The lowest BCUT2D eigenvalue weighted by molar-refractivity contribution is -0.125. The van der Waals surface area contributed by atoms with Crippen molar-refractivity contribution in [2.45, 2.75) is 32.2 Å². The third-order valence-corrected chi connectivity index (χ3v) is 5.71. The highest BCUT2D eigenvalue weighted by Gasteiger charge is 2.11. The van der Waals surface area contributed by atoms with Gasteiger partial charge in [0.2, 0.25) is 5.91 Å². The standard InChI is InChI=1S/C25H28N4O2/c1-28(18-23-26-22-9-5-4-8-21(22)25(31)27-23)24(30)15-12-19-10-13-20(14-11-19)29-16-6-2-3-7-17-29/h4-5,8-15H,2-3,6-7,16-18H2,1H3,(H,26,27,31)/b15-12+. The average Bonchev–Trinajstić information content (AvgIpc) is 3.07. The van der Waals surface area contributed by atoms with Gasteiger partial charge in [-0.05, 0) is 48.7 Å². The number of hydrogen-bond acceptors (Lipinski definition) is 4. The lowest BCUT2D eigenvalue weighted by Crippen LogP contribution is -2.26. The van der Waals surface area contributed by atoms with Gasteiger partial charge in [0.1, 0.15) is 5.82 Å². The third kappa shape index (κ3) is 5.20. The van der Waals surface area contributed by atoms with Crippen LogP contribution in [0.25, 0.3) is 17.0 Å². The molecule has 1 aromatic heterocycles. The molecule has 0 saturated carbocycles. The molecule has 6 heteroatoms. The number of amides is 1. The first-order valence-electron chi connectivity index (χ1n) is 10.9. The van der Waals surface area contributed by atoms with E-state index in [9.17, 15) is 9.59 Å². The highest BCUT2D eigenvalue weighted by molar-refractivity contribution is 5.91. The number of carbonyl (C=O) groups is 1. The maximum absolute atomic E-state index is 12.5. The molecule has 1 aliphatic heterocycles. The molecule has 3 aromatic rings. The maximum Gasteiger partial charge on any atom is 0.258 e. The molecule has 0 spiro atoms. The van der Waals surface area contributed by atoms with Crippen molar-refractivity contribution in [2.75, 3.05) is 25.0 Å². The molecule has 0 unspecified atom stereocenters. The van der Waals surface area contributed by atoms with E-state index in [4.69, 9.17) is 0 Å². The van der Waals surface area contributed by atoms with E-state index in [1.165, 1.54) is 36.3 Å². The molecule has 4 rings (SSSR count). The van der Waals surface area contributed by atoms with Crippen molar-refractivity contribution in [3.8, 4) is 0 Å². The van der Waals surface area contributed by atoms with Crippen molar-refractivity contribution >= 4 is 28.6 Å². The lowest BCUT2D eigenvalue weighted by atomic mass is 10.1. The number of hydrogen-bond donors (Lipinski definition) is 1. The van der Waals surface area contributed by atoms with Gasteiger partial charge in [0.15, 0.2) is 0 Å². The predicted molar refractivity (Wildman–Crippen MR) is 125 cm³/mol. The second-order valence-electron chi connectivity index (χ2n) is 8.05. The second kappa shape index (κ2) is 9.60. The second-order valence-corrected chi connectivity index (χ2v) is 8.05. The highest BCUT2D eigenvalue weighted by atomic mass is 16.2. The number of anilines is 1. The van der Waals surface area contributed by atoms with Crippen LogP contribution >= 0.6 is 0 Å². The number of aromatic nitrogens is 2. The molecular formula is C25H28N4O2. The number of carbonyl (C=O) groups excluding carboxylic acids is 1. The summed E-state index contributed by atoms with van der Waals surface area (Å²) in [4.78, 5) is 35.9. The van der Waals surface area contributed by atoms with E-state index in [2.05, 4.69) is 27.0 Å². The van der Waals surface area contributed by atoms with Crippen molar-refractivity contribution in [3.05, 3.63) is 76.3 Å². The number of nitrogens with zero attached hydrogens (tertiary/aromatic N) is 3. The van der Waals surface area contributed by atoms with E-state index in [1.54, 1.807) is 31.3 Å². The summed E-state index contributed by atoms with van der Waals surface area (Å²) in [6, 6.07) is 15.5. The molecule has 0 atom stereocenters. The molecular weight excluding hydrogens is 388 g/mol. The average molecular weight is 417 g/mol. The Morgan fingerprint density at radius 3 is 2.52 bits per heavy atom. The number of benzene rings is 2. The summed E-state index contributed by atoms with van der Waals surface area (Å²) in [5.41, 5.74) is 2.66. The SMILES string of the molecule is CN(Cc1nc2ccccc2c(=O)[nH]1)C(=O)/C=C/c1ccc(N2CCCCCC2)cc1. The van der Waals surface area contributed by atoms with Crippen molar-refractivity contribution in [1.82, 2.24) is 14.9 Å². The summed E-state index contributed by atoms with van der Waals surface area (Å²) < 4.78 is 0. The summed E-state index contributed by atoms with van der Waals surface area (Å²) in [5, 5.41) is 0.545. The van der Waals surface area contributed by atoms with Gasteiger partial charge in [-0.1, -0.05) is 37.1 Å². The Kier molecular flexibility index (Phi) is 6.46. The first-order chi connectivity index (χ1) is 15.1. The molecule has 160 valence electrons. The largest absolute Gasteiger partial charge is 0.372 e. The van der Waals surface area contributed by atoms with Crippen molar-refractivity contribution in [3.63, 3.8) is 0 Å². The number of H-pyrrole nitrogens is 1. The zero-order valence-corrected chi connectivity index (χ0v) is 17.9. The Bertz CT molecular complexity index is 1130. The van der Waals surface area contributed by atoms with Gasteiger partial charge in [-0.15, -0.1) is 0 Å². The number of rotatable bonds is 5. The van der Waals surface area contributed by atoms with Gasteiger partial charge in [0.05, 0.1) is 17.4 Å². The molecule has 2 heterocycles. The van der Waals surface area contributed by atoms with Crippen LogP contribution in [-0.4, -0.2) is 40.9 Å². The number of para-hydroxylation sites is 1. The van der Waals surface area contributed by atoms with Gasteiger partial charge in [0, 0.05) is 31.9 Å². The molecule has 2 aromatic carbocycles. The number of likely N-dealkylation sites (N-methyl/N-ethyl adjacent to an activating group) is 1. The van der Waals surface area contributed by atoms with E-state index in [0.717, 1.165) is 18.7 Å². The molecule has 1 fully saturated rings. The molecule has 0 aliphatic carbocycles. The van der Waals surface area contributed by atoms with Gasteiger partial charge in [-0.2, -0.15) is 0 Å². The highest BCUT2D eigenvalue weighted by Crippen LogP contribution is 2.20. The van der Waals surface area contributed by atoms with Crippen molar-refractivity contribution in [1.29, 1.82) is 0 Å². The Morgan fingerprint density at radius 2 is 1.77 bits per heavy atom. The molecule has 0 bridgehead atoms. The van der Waals surface area contributed by atoms with Gasteiger partial charge in [0.25, 0.3) is 5.56 Å². The lowest BCUT2D eigenvalue weighted by Gasteiger charge is -2.22. The molecule has 1 amide bonds. The van der Waals surface area contributed by atoms with Crippen LogP contribution in [0.4, 0.5) is 5.69 Å². The van der Waals surface area contributed by atoms with E-state index in [1.807, 2.05) is 24.3 Å². The van der Waals surface area contributed by atoms with Crippen LogP contribution in [0.3, 0.4) is 0 Å². The fourth-order valence-corrected chi connectivity index (χ4v) is 3.93. The topological polar surface area (TPSA) is 69.3 Å². The first-order valence-corrected chi connectivity index (χ1v) is 10.9. The summed E-state index contributed by atoms with van der Waals surface area (Å²) in [7, 11) is 1.70. The molecule has 6 nitrogen and oxygen atoms in total.